The first-order valence-electron chi connectivity index (χ1n) is 7.01. The molecule has 0 radical (unpaired) electrons. The Morgan fingerprint density at radius 2 is 2.43 bits per heavy atom. The van der Waals surface area contributed by atoms with Gasteiger partial charge in [0, 0.05) is 36.5 Å². The van der Waals surface area contributed by atoms with E-state index in [4.69, 9.17) is 15.2 Å². The molecule has 2 heterocycles. The molecule has 7 nitrogen and oxygen atoms in total. The number of halogens is 1. The van der Waals surface area contributed by atoms with Crippen molar-refractivity contribution in [3.63, 3.8) is 0 Å². The Bertz CT molecular complexity index is 671. The minimum Gasteiger partial charge on any atom is -0.382 e. The summed E-state index contributed by atoms with van der Waals surface area (Å²) in [5.74, 6) is -0.132. The molecule has 1 fully saturated rings. The molecule has 1 aromatic rings. The lowest BCUT2D eigenvalue weighted by atomic mass is 9.78. The average Bonchev–Trinajstić information content (AvgIpc) is 2.86. The maximum Gasteiger partial charge on any atom is 0.270 e. The van der Waals surface area contributed by atoms with Gasteiger partial charge in [0.25, 0.3) is 5.69 Å². The molecule has 124 valence electrons. The van der Waals surface area contributed by atoms with Gasteiger partial charge in [-0.05, 0) is 6.07 Å². The van der Waals surface area contributed by atoms with Gasteiger partial charge in [-0.1, -0.05) is 11.8 Å². The van der Waals surface area contributed by atoms with Crippen LogP contribution in [0.2, 0.25) is 0 Å². The van der Waals surface area contributed by atoms with Gasteiger partial charge < -0.3 is 15.2 Å². The number of methoxy groups -OCH3 is 1. The van der Waals surface area contributed by atoms with Crippen LogP contribution in [0.15, 0.2) is 23.2 Å². The molecule has 2 aliphatic rings. The number of rotatable bonds is 4. The van der Waals surface area contributed by atoms with Crippen LogP contribution in [0.5, 0.6) is 0 Å². The number of ether oxygens (including phenoxy) is 2. The third kappa shape index (κ3) is 2.68. The number of non-ortho nitro benzene ring substituents is 1. The second-order valence-corrected chi connectivity index (χ2v) is 6.56. The monoisotopic (exact) mass is 341 g/mol. The van der Waals surface area contributed by atoms with Crippen molar-refractivity contribution in [1.29, 1.82) is 0 Å². The summed E-state index contributed by atoms with van der Waals surface area (Å²) < 4.78 is 25.4. The van der Waals surface area contributed by atoms with Crippen molar-refractivity contribution >= 4 is 22.6 Å². The third-order valence-corrected chi connectivity index (χ3v) is 5.17. The number of fused-ring (bicyclic) bond motifs is 1. The van der Waals surface area contributed by atoms with Gasteiger partial charge in [0.2, 0.25) is 0 Å². The molecule has 0 amide bonds. The highest BCUT2D eigenvalue weighted by atomic mass is 32.2. The van der Waals surface area contributed by atoms with E-state index in [1.54, 1.807) is 7.11 Å². The van der Waals surface area contributed by atoms with Crippen molar-refractivity contribution in [2.75, 3.05) is 26.1 Å². The lowest BCUT2D eigenvalue weighted by Gasteiger charge is -2.35. The summed E-state index contributed by atoms with van der Waals surface area (Å²) in [5.41, 5.74) is 4.77. The van der Waals surface area contributed by atoms with Crippen LogP contribution in [-0.2, 0) is 15.0 Å². The van der Waals surface area contributed by atoms with Crippen LogP contribution in [0, 0.1) is 21.8 Å². The number of nitrogens with zero attached hydrogens (tertiary/aromatic N) is 2. The van der Waals surface area contributed by atoms with Crippen LogP contribution in [0.1, 0.15) is 5.56 Å². The summed E-state index contributed by atoms with van der Waals surface area (Å²) in [5, 5.41) is 11.4. The molecule has 3 rings (SSSR count). The maximum atomic E-state index is 14.5. The normalized spacial score (nSPS) is 29.9. The molecule has 1 aromatic carbocycles. The minimum atomic E-state index is -1.05. The van der Waals surface area contributed by atoms with Crippen LogP contribution >= 0.6 is 11.8 Å². The van der Waals surface area contributed by atoms with E-state index < -0.39 is 16.3 Å². The molecule has 1 saturated heterocycles. The lowest BCUT2D eigenvalue weighted by molar-refractivity contribution is -0.385. The van der Waals surface area contributed by atoms with E-state index in [0.29, 0.717) is 17.5 Å². The largest absolute Gasteiger partial charge is 0.382 e. The predicted octanol–water partition coefficient (Wildman–Crippen LogP) is 1.65. The molecule has 9 heteroatoms. The summed E-state index contributed by atoms with van der Waals surface area (Å²) in [7, 11) is 1.56. The molecule has 0 aliphatic carbocycles. The SMILES string of the molecule is COCC1OCC2(c3cc([N+](=O)[O-])ccc3F)N=C(N)SCC12. The fourth-order valence-electron chi connectivity index (χ4n) is 3.15. The summed E-state index contributed by atoms with van der Waals surface area (Å²) in [6.45, 7) is 0.462. The van der Waals surface area contributed by atoms with Gasteiger partial charge in [-0.2, -0.15) is 0 Å². The van der Waals surface area contributed by atoms with Crippen molar-refractivity contribution in [1.82, 2.24) is 0 Å². The fraction of sp³-hybridized carbons (Fsp3) is 0.500. The smallest absolute Gasteiger partial charge is 0.270 e. The first kappa shape index (κ1) is 16.2. The van der Waals surface area contributed by atoms with Crippen molar-refractivity contribution in [3.8, 4) is 0 Å². The van der Waals surface area contributed by atoms with Gasteiger partial charge in [-0.3, -0.25) is 10.1 Å². The van der Waals surface area contributed by atoms with E-state index in [-0.39, 0.29) is 29.9 Å². The standard InChI is InChI=1S/C14H16FN3O4S/c1-21-5-12-10-6-23-13(16)17-14(10,7-22-12)9-4-8(18(19)20)2-3-11(9)15/h2-4,10,12H,5-7H2,1H3,(H2,16,17). The lowest BCUT2D eigenvalue weighted by Crippen LogP contribution is -2.43. The van der Waals surface area contributed by atoms with E-state index in [0.717, 1.165) is 12.1 Å². The number of nitro benzene ring substituents is 1. The highest BCUT2D eigenvalue weighted by Crippen LogP contribution is 2.48. The van der Waals surface area contributed by atoms with Gasteiger partial charge in [-0.15, -0.1) is 0 Å². The van der Waals surface area contributed by atoms with Crippen LogP contribution in [0.4, 0.5) is 10.1 Å². The van der Waals surface area contributed by atoms with Gasteiger partial charge in [-0.25, -0.2) is 9.38 Å². The molecule has 3 atom stereocenters. The number of benzene rings is 1. The molecule has 3 unspecified atom stereocenters. The van der Waals surface area contributed by atoms with Gasteiger partial charge in [0.15, 0.2) is 5.17 Å². The number of nitro groups is 1. The van der Waals surface area contributed by atoms with Crippen molar-refractivity contribution in [3.05, 3.63) is 39.7 Å². The number of aliphatic imine (C=N–C) groups is 1. The predicted molar refractivity (Wildman–Crippen MR) is 83.9 cm³/mol. The highest BCUT2D eigenvalue weighted by Gasteiger charge is 2.54. The molecule has 2 N–H and O–H groups in total. The summed E-state index contributed by atoms with van der Waals surface area (Å²) in [4.78, 5) is 14.9. The number of amidine groups is 1. The average molecular weight is 341 g/mol. The Hall–Kier alpha value is -1.71. The zero-order chi connectivity index (χ0) is 16.6. The Balaban J connectivity index is 2.12. The quantitative estimate of drug-likeness (QED) is 0.660. The maximum absolute atomic E-state index is 14.5. The molecular formula is C14H16FN3O4S. The highest BCUT2D eigenvalue weighted by molar-refractivity contribution is 8.13. The molecule has 2 aliphatic heterocycles. The molecule has 0 saturated carbocycles. The summed E-state index contributed by atoms with van der Waals surface area (Å²) >= 11 is 1.37. The second-order valence-electron chi connectivity index (χ2n) is 5.52. The molecule has 0 bridgehead atoms. The summed E-state index contributed by atoms with van der Waals surface area (Å²) in [6, 6.07) is 3.46. The zero-order valence-electron chi connectivity index (χ0n) is 12.4. The summed E-state index contributed by atoms with van der Waals surface area (Å²) in [6.07, 6.45) is -0.261. The van der Waals surface area contributed by atoms with Gasteiger partial charge >= 0.3 is 0 Å². The van der Waals surface area contributed by atoms with E-state index in [9.17, 15) is 14.5 Å². The third-order valence-electron chi connectivity index (χ3n) is 4.26. The number of nitrogens with two attached hydrogens (primary N) is 1. The Morgan fingerprint density at radius 3 is 3.13 bits per heavy atom. The van der Waals surface area contributed by atoms with Gasteiger partial charge in [0.05, 0.1) is 24.2 Å². The van der Waals surface area contributed by atoms with Crippen molar-refractivity contribution in [2.45, 2.75) is 11.6 Å². The van der Waals surface area contributed by atoms with E-state index in [1.165, 1.54) is 17.8 Å². The van der Waals surface area contributed by atoms with Crippen molar-refractivity contribution < 1.29 is 18.8 Å². The number of hydrogen-bond acceptors (Lipinski definition) is 7. The first-order chi connectivity index (χ1) is 11.0. The van der Waals surface area contributed by atoms with Crippen LogP contribution in [-0.4, -0.2) is 42.3 Å². The van der Waals surface area contributed by atoms with E-state index in [2.05, 4.69) is 4.99 Å². The second kappa shape index (κ2) is 6.06. The molecule has 23 heavy (non-hydrogen) atoms. The number of thioether (sulfide) groups is 1. The van der Waals surface area contributed by atoms with Crippen LogP contribution < -0.4 is 5.73 Å². The fourth-order valence-corrected chi connectivity index (χ4v) is 4.22. The Labute approximate surface area is 136 Å². The van der Waals surface area contributed by atoms with Gasteiger partial charge in [0.1, 0.15) is 11.4 Å². The van der Waals surface area contributed by atoms with Crippen LogP contribution in [0.3, 0.4) is 0 Å². The topological polar surface area (TPSA) is 100.0 Å². The zero-order valence-corrected chi connectivity index (χ0v) is 13.2. The molecule has 0 aromatic heterocycles. The van der Waals surface area contributed by atoms with Crippen LogP contribution in [0.25, 0.3) is 0 Å². The first-order valence-corrected chi connectivity index (χ1v) is 7.99. The minimum absolute atomic E-state index is 0.116. The Morgan fingerprint density at radius 1 is 1.65 bits per heavy atom. The Kier molecular flexibility index (Phi) is 4.26. The molecule has 0 spiro atoms. The van der Waals surface area contributed by atoms with Crippen molar-refractivity contribution in [2.24, 2.45) is 16.6 Å². The van der Waals surface area contributed by atoms with E-state index in [1.807, 2.05) is 0 Å². The number of hydrogen-bond donors (Lipinski definition) is 1. The molecular weight excluding hydrogens is 325 g/mol. The van der Waals surface area contributed by atoms with E-state index >= 15 is 0 Å².